The SMILES string of the molecule is CCCNC(=O)N1CCN(c2cc(C(C)C)nc(-n3ccnc3)n2)C(CC(=O)NCc2ccc3c(c2)OCCO3)C1. The maximum atomic E-state index is 13.3. The minimum atomic E-state index is -0.276. The molecule has 2 aliphatic rings. The van der Waals surface area contributed by atoms with Crippen molar-refractivity contribution in [3.05, 3.63) is 54.2 Å². The lowest BCUT2D eigenvalue weighted by atomic mass is 10.1. The highest BCUT2D eigenvalue weighted by Crippen LogP contribution is 2.31. The fourth-order valence-corrected chi connectivity index (χ4v) is 4.92. The van der Waals surface area contributed by atoms with Gasteiger partial charge < -0.3 is 29.9 Å². The molecule has 12 nitrogen and oxygen atoms in total. The fraction of sp³-hybridized carbons (Fsp3) is 0.483. The maximum absolute atomic E-state index is 13.3. The van der Waals surface area contributed by atoms with Gasteiger partial charge in [0.25, 0.3) is 0 Å². The summed E-state index contributed by atoms with van der Waals surface area (Å²) in [5.74, 6) is 2.71. The lowest BCUT2D eigenvalue weighted by molar-refractivity contribution is -0.121. The minimum absolute atomic E-state index is 0.112. The van der Waals surface area contributed by atoms with E-state index in [9.17, 15) is 9.59 Å². The molecule has 1 fully saturated rings. The molecule has 1 atom stereocenters. The number of hydrogen-bond acceptors (Lipinski definition) is 8. The van der Waals surface area contributed by atoms with Crippen molar-refractivity contribution >= 4 is 17.8 Å². The van der Waals surface area contributed by atoms with Crippen LogP contribution in [0.5, 0.6) is 11.5 Å². The van der Waals surface area contributed by atoms with Crippen LogP contribution in [0.1, 0.15) is 50.8 Å². The Labute approximate surface area is 240 Å². The summed E-state index contributed by atoms with van der Waals surface area (Å²) in [6, 6.07) is 7.28. The number of urea groups is 1. The highest BCUT2D eigenvalue weighted by Gasteiger charge is 2.32. The van der Waals surface area contributed by atoms with E-state index in [1.165, 1.54) is 0 Å². The van der Waals surface area contributed by atoms with Crippen LogP contribution in [0.15, 0.2) is 43.0 Å². The predicted molar refractivity (Wildman–Crippen MR) is 154 cm³/mol. The summed E-state index contributed by atoms with van der Waals surface area (Å²) < 4.78 is 13.0. The first-order valence-electron chi connectivity index (χ1n) is 14.2. The average molecular weight is 563 g/mol. The van der Waals surface area contributed by atoms with Gasteiger partial charge in [-0.15, -0.1) is 0 Å². The van der Waals surface area contributed by atoms with Gasteiger partial charge in [-0.3, -0.25) is 9.36 Å². The van der Waals surface area contributed by atoms with Crippen molar-refractivity contribution < 1.29 is 19.1 Å². The molecule has 218 valence electrons. The number of imidazole rings is 1. The summed E-state index contributed by atoms with van der Waals surface area (Å²) >= 11 is 0. The summed E-state index contributed by atoms with van der Waals surface area (Å²) in [7, 11) is 0. The lowest BCUT2D eigenvalue weighted by Crippen LogP contribution is -2.58. The predicted octanol–water partition coefficient (Wildman–Crippen LogP) is 2.87. The Hall–Kier alpha value is -4.35. The molecule has 2 aromatic heterocycles. The van der Waals surface area contributed by atoms with E-state index in [2.05, 4.69) is 34.4 Å². The number of ether oxygens (including phenoxy) is 2. The van der Waals surface area contributed by atoms with Crippen LogP contribution >= 0.6 is 0 Å². The molecule has 1 saturated heterocycles. The Kier molecular flexibility index (Phi) is 8.85. The standard InChI is InChI=1S/C29H38N8O4/c1-4-7-31-29(39)35-10-11-37(26-16-23(20(2)3)33-28(34-26)36-9-8-30-19-36)22(18-35)15-27(38)32-17-21-5-6-24-25(14-21)41-13-12-40-24/h5-6,8-9,14,16,19-20,22H,4,7,10-13,15,17-18H2,1-3H3,(H,31,39)(H,32,38). The summed E-state index contributed by atoms with van der Waals surface area (Å²) in [6.45, 7) is 9.65. The lowest BCUT2D eigenvalue weighted by Gasteiger charge is -2.42. The van der Waals surface area contributed by atoms with Crippen molar-refractivity contribution in [2.24, 2.45) is 0 Å². The number of fused-ring (bicyclic) bond motifs is 1. The number of anilines is 1. The Balaban J connectivity index is 1.35. The third kappa shape index (κ3) is 6.87. The van der Waals surface area contributed by atoms with E-state index in [0.29, 0.717) is 63.4 Å². The number of hydrogen-bond donors (Lipinski definition) is 2. The van der Waals surface area contributed by atoms with E-state index >= 15 is 0 Å². The summed E-state index contributed by atoms with van der Waals surface area (Å²) in [6.07, 6.45) is 6.22. The van der Waals surface area contributed by atoms with E-state index in [1.807, 2.05) is 37.4 Å². The second kappa shape index (κ2) is 12.9. The average Bonchev–Trinajstić information content (AvgIpc) is 3.54. The molecule has 41 heavy (non-hydrogen) atoms. The zero-order chi connectivity index (χ0) is 28.8. The van der Waals surface area contributed by atoms with Crippen LogP contribution in [0.2, 0.25) is 0 Å². The Morgan fingerprint density at radius 3 is 2.66 bits per heavy atom. The number of amides is 3. The first kappa shape index (κ1) is 28.2. The van der Waals surface area contributed by atoms with Gasteiger partial charge in [-0.05, 0) is 30.0 Å². The summed E-state index contributed by atoms with van der Waals surface area (Å²) in [4.78, 5) is 43.8. The Morgan fingerprint density at radius 1 is 1.07 bits per heavy atom. The third-order valence-electron chi connectivity index (χ3n) is 7.16. The van der Waals surface area contributed by atoms with Gasteiger partial charge in [0, 0.05) is 57.6 Å². The van der Waals surface area contributed by atoms with E-state index in [-0.39, 0.29) is 30.3 Å². The van der Waals surface area contributed by atoms with Crippen molar-refractivity contribution in [1.29, 1.82) is 0 Å². The molecule has 5 rings (SSSR count). The van der Waals surface area contributed by atoms with Gasteiger partial charge in [-0.2, -0.15) is 4.98 Å². The number of nitrogens with one attached hydrogen (secondary N) is 2. The van der Waals surface area contributed by atoms with Crippen molar-refractivity contribution in [2.75, 3.05) is 44.3 Å². The third-order valence-corrected chi connectivity index (χ3v) is 7.16. The topological polar surface area (TPSA) is 127 Å². The molecule has 3 aromatic rings. The Morgan fingerprint density at radius 2 is 1.90 bits per heavy atom. The van der Waals surface area contributed by atoms with Crippen molar-refractivity contribution in [3.63, 3.8) is 0 Å². The quantitative estimate of drug-likeness (QED) is 0.408. The Bertz CT molecular complexity index is 1350. The van der Waals surface area contributed by atoms with Crippen LogP contribution in [0.3, 0.4) is 0 Å². The molecule has 1 unspecified atom stereocenters. The van der Waals surface area contributed by atoms with Gasteiger partial charge >= 0.3 is 6.03 Å². The molecule has 2 aliphatic heterocycles. The second-order valence-corrected chi connectivity index (χ2v) is 10.6. The molecular formula is C29H38N8O4. The van der Waals surface area contributed by atoms with E-state index < -0.39 is 0 Å². The number of rotatable bonds is 9. The van der Waals surface area contributed by atoms with Gasteiger partial charge in [0.1, 0.15) is 25.4 Å². The highest BCUT2D eigenvalue weighted by molar-refractivity contribution is 5.78. The van der Waals surface area contributed by atoms with Crippen LogP contribution in [-0.2, 0) is 11.3 Å². The molecule has 4 heterocycles. The van der Waals surface area contributed by atoms with E-state index in [4.69, 9.17) is 19.4 Å². The van der Waals surface area contributed by atoms with Gasteiger partial charge in [0.05, 0.1) is 11.7 Å². The zero-order valence-corrected chi connectivity index (χ0v) is 23.9. The van der Waals surface area contributed by atoms with Crippen LogP contribution in [-0.4, -0.2) is 81.8 Å². The zero-order valence-electron chi connectivity index (χ0n) is 23.9. The molecule has 0 spiro atoms. The second-order valence-electron chi connectivity index (χ2n) is 10.6. The molecule has 0 bridgehead atoms. The first-order chi connectivity index (χ1) is 19.9. The number of carbonyl (C=O) groups is 2. The van der Waals surface area contributed by atoms with Crippen molar-refractivity contribution in [1.82, 2.24) is 35.1 Å². The molecule has 3 amide bonds. The van der Waals surface area contributed by atoms with Crippen LogP contribution in [0.25, 0.3) is 5.95 Å². The highest BCUT2D eigenvalue weighted by atomic mass is 16.6. The van der Waals surface area contributed by atoms with Crippen molar-refractivity contribution in [2.45, 2.75) is 52.1 Å². The van der Waals surface area contributed by atoms with Gasteiger partial charge in [0.2, 0.25) is 11.9 Å². The molecule has 0 aliphatic carbocycles. The monoisotopic (exact) mass is 562 g/mol. The normalized spacial score (nSPS) is 16.5. The van der Waals surface area contributed by atoms with E-state index in [0.717, 1.165) is 23.5 Å². The number of benzene rings is 1. The van der Waals surface area contributed by atoms with E-state index in [1.54, 1.807) is 22.0 Å². The fourth-order valence-electron chi connectivity index (χ4n) is 4.92. The number of aromatic nitrogens is 4. The molecule has 12 heteroatoms. The summed E-state index contributed by atoms with van der Waals surface area (Å²) in [5, 5.41) is 6.00. The molecule has 2 N–H and O–H groups in total. The molecular weight excluding hydrogens is 524 g/mol. The number of piperazine rings is 1. The molecule has 1 aromatic carbocycles. The largest absolute Gasteiger partial charge is 0.486 e. The summed E-state index contributed by atoms with van der Waals surface area (Å²) in [5.41, 5.74) is 1.81. The first-order valence-corrected chi connectivity index (χ1v) is 14.2. The smallest absolute Gasteiger partial charge is 0.317 e. The van der Waals surface area contributed by atoms with Crippen LogP contribution in [0, 0.1) is 0 Å². The molecule has 0 saturated carbocycles. The number of nitrogens with zero attached hydrogens (tertiary/aromatic N) is 6. The van der Waals surface area contributed by atoms with Gasteiger partial charge in [-0.25, -0.2) is 14.8 Å². The maximum Gasteiger partial charge on any atom is 0.317 e. The minimum Gasteiger partial charge on any atom is -0.486 e. The number of carbonyl (C=O) groups excluding carboxylic acids is 2. The van der Waals surface area contributed by atoms with Crippen LogP contribution < -0.4 is 25.0 Å². The van der Waals surface area contributed by atoms with Gasteiger partial charge in [-0.1, -0.05) is 26.8 Å². The molecule has 0 radical (unpaired) electrons. The van der Waals surface area contributed by atoms with Crippen LogP contribution in [0.4, 0.5) is 10.6 Å². The van der Waals surface area contributed by atoms with Crippen molar-refractivity contribution in [3.8, 4) is 17.4 Å². The van der Waals surface area contributed by atoms with Gasteiger partial charge in [0.15, 0.2) is 11.5 Å².